The Morgan fingerprint density at radius 3 is 2.87 bits per heavy atom. The number of piperidine rings is 1. The van der Waals surface area contributed by atoms with Crippen molar-refractivity contribution >= 4 is 34.0 Å². The van der Waals surface area contributed by atoms with E-state index < -0.39 is 18.2 Å². The second-order valence-corrected chi connectivity index (χ2v) is 11.0. The number of alkyl halides is 1. The zero-order chi connectivity index (χ0) is 27.3. The zero-order valence-electron chi connectivity index (χ0n) is 22.0. The van der Waals surface area contributed by atoms with Crippen LogP contribution in [0.2, 0.25) is 0 Å². The summed E-state index contributed by atoms with van der Waals surface area (Å²) in [5.41, 5.74) is 1.70. The van der Waals surface area contributed by atoms with Gasteiger partial charge in [0.2, 0.25) is 0 Å². The largest absolute Gasteiger partial charge is 0.390 e. The number of methoxy groups -OCH3 is 1. The van der Waals surface area contributed by atoms with Gasteiger partial charge in [-0.3, -0.25) is 14.5 Å². The molecule has 2 aromatic rings. The summed E-state index contributed by atoms with van der Waals surface area (Å²) in [5, 5.41) is 17.4. The van der Waals surface area contributed by atoms with E-state index in [1.165, 1.54) is 11.3 Å². The summed E-state index contributed by atoms with van der Waals surface area (Å²) in [6.45, 7) is 8.15. The van der Waals surface area contributed by atoms with Crippen LogP contribution in [0.1, 0.15) is 46.7 Å². The molecule has 0 saturated carbocycles. The Morgan fingerprint density at radius 1 is 1.32 bits per heavy atom. The first kappa shape index (κ1) is 28.4. The minimum Gasteiger partial charge on any atom is -0.390 e. The molecule has 2 fully saturated rings. The van der Waals surface area contributed by atoms with Gasteiger partial charge in [-0.1, -0.05) is 6.07 Å². The minimum absolute atomic E-state index is 0.0307. The fourth-order valence-electron chi connectivity index (χ4n) is 4.52. The lowest BCUT2D eigenvalue weighted by atomic mass is 10.00. The SMILES string of the molecule is COCCNC(=O)c1cc(CN2CCOCC2(C)C)ccc1NC(=O)c1csc(N2CC[C@@H](O)[C@@H](F)C2)n1. The number of morpholine rings is 1. The number of anilines is 2. The van der Waals surface area contributed by atoms with Gasteiger partial charge in [0.1, 0.15) is 11.9 Å². The maximum absolute atomic E-state index is 14.0. The Hall–Kier alpha value is -2.64. The smallest absolute Gasteiger partial charge is 0.275 e. The normalized spacial score (nSPS) is 21.8. The van der Waals surface area contributed by atoms with Crippen LogP contribution in [-0.2, 0) is 16.0 Å². The van der Waals surface area contributed by atoms with Crippen molar-refractivity contribution in [2.75, 3.05) is 63.3 Å². The number of ether oxygens (including phenoxy) is 2. The number of nitrogens with zero attached hydrogens (tertiary/aromatic N) is 3. The van der Waals surface area contributed by atoms with E-state index in [4.69, 9.17) is 9.47 Å². The van der Waals surface area contributed by atoms with Crippen molar-refractivity contribution in [3.05, 3.63) is 40.4 Å². The lowest BCUT2D eigenvalue weighted by molar-refractivity contribution is -0.0552. The number of benzene rings is 1. The Morgan fingerprint density at radius 2 is 2.13 bits per heavy atom. The standard InChI is InChI=1S/C26H36FN5O5S/c1-26(2)16-37-11-9-32(26)13-17-4-5-20(18(12-17)23(34)28-7-10-36-3)29-24(35)21-15-38-25(30-21)31-8-6-22(33)19(27)14-31/h4-5,12,15,19,22,33H,6-11,13-14,16H2,1-3H3,(H,28,34)(H,29,35)/t19-,22+/m0/s1. The Kier molecular flexibility index (Phi) is 9.32. The van der Waals surface area contributed by atoms with E-state index in [1.807, 2.05) is 6.07 Å². The van der Waals surface area contributed by atoms with E-state index in [0.717, 1.165) is 12.1 Å². The molecule has 3 N–H and O–H groups in total. The number of nitrogens with one attached hydrogen (secondary N) is 2. The van der Waals surface area contributed by atoms with E-state index in [2.05, 4.69) is 34.4 Å². The molecule has 0 aliphatic carbocycles. The molecule has 0 radical (unpaired) electrons. The number of carbonyl (C=O) groups is 2. The molecule has 1 aromatic carbocycles. The molecule has 2 amide bonds. The molecule has 2 aliphatic heterocycles. The topological polar surface area (TPSA) is 116 Å². The molecular formula is C26H36FN5O5S. The summed E-state index contributed by atoms with van der Waals surface area (Å²) in [7, 11) is 1.56. The summed E-state index contributed by atoms with van der Waals surface area (Å²) < 4.78 is 24.6. The van der Waals surface area contributed by atoms with Crippen LogP contribution in [0.4, 0.5) is 15.2 Å². The molecule has 1 aromatic heterocycles. The molecule has 10 nitrogen and oxygen atoms in total. The number of aliphatic hydroxyl groups is 1. The average Bonchev–Trinajstić information content (AvgIpc) is 3.38. The van der Waals surface area contributed by atoms with Gasteiger partial charge in [-0.25, -0.2) is 9.37 Å². The third-order valence-corrected chi connectivity index (χ3v) is 7.76. The van der Waals surface area contributed by atoms with Gasteiger partial charge < -0.3 is 30.1 Å². The average molecular weight is 550 g/mol. The van der Waals surface area contributed by atoms with E-state index >= 15 is 0 Å². The zero-order valence-corrected chi connectivity index (χ0v) is 22.9. The van der Waals surface area contributed by atoms with Gasteiger partial charge in [0.05, 0.1) is 43.7 Å². The summed E-state index contributed by atoms with van der Waals surface area (Å²) in [6.07, 6.45) is -2.02. The molecule has 2 aliphatic rings. The first-order valence-electron chi connectivity index (χ1n) is 12.7. The predicted molar refractivity (Wildman–Crippen MR) is 144 cm³/mol. The number of hydrogen-bond acceptors (Lipinski definition) is 9. The summed E-state index contributed by atoms with van der Waals surface area (Å²) in [6, 6.07) is 5.44. The van der Waals surface area contributed by atoms with Crippen LogP contribution < -0.4 is 15.5 Å². The van der Waals surface area contributed by atoms with E-state index in [0.29, 0.717) is 62.3 Å². The van der Waals surface area contributed by atoms with Gasteiger partial charge in [0.15, 0.2) is 5.13 Å². The van der Waals surface area contributed by atoms with Crippen LogP contribution in [0, 0.1) is 0 Å². The predicted octanol–water partition coefficient (Wildman–Crippen LogP) is 2.29. The summed E-state index contributed by atoms with van der Waals surface area (Å²) in [4.78, 5) is 34.6. The van der Waals surface area contributed by atoms with Crippen molar-refractivity contribution in [1.82, 2.24) is 15.2 Å². The van der Waals surface area contributed by atoms with Crippen molar-refractivity contribution in [3.63, 3.8) is 0 Å². The van der Waals surface area contributed by atoms with Gasteiger partial charge >= 0.3 is 0 Å². The number of thiazole rings is 1. The first-order valence-corrected chi connectivity index (χ1v) is 13.6. The molecule has 0 spiro atoms. The Bertz CT molecular complexity index is 1130. The van der Waals surface area contributed by atoms with Crippen molar-refractivity contribution < 1.29 is 28.6 Å². The maximum atomic E-state index is 14.0. The number of halogens is 1. The van der Waals surface area contributed by atoms with E-state index in [9.17, 15) is 19.1 Å². The van der Waals surface area contributed by atoms with Crippen LogP contribution >= 0.6 is 11.3 Å². The third kappa shape index (κ3) is 6.86. The van der Waals surface area contributed by atoms with Gasteiger partial charge in [0.25, 0.3) is 11.8 Å². The van der Waals surface area contributed by atoms with Crippen molar-refractivity contribution in [2.24, 2.45) is 0 Å². The lowest BCUT2D eigenvalue weighted by Crippen LogP contribution is -2.52. The van der Waals surface area contributed by atoms with Crippen LogP contribution in [-0.4, -0.2) is 97.7 Å². The van der Waals surface area contributed by atoms with Crippen LogP contribution in [0.25, 0.3) is 0 Å². The Balaban J connectivity index is 1.51. The number of amides is 2. The van der Waals surface area contributed by atoms with Crippen LogP contribution in [0.5, 0.6) is 0 Å². The second kappa shape index (κ2) is 12.5. The number of rotatable bonds is 9. The minimum atomic E-state index is -1.36. The van der Waals surface area contributed by atoms with Gasteiger partial charge in [0, 0.05) is 44.2 Å². The molecule has 2 saturated heterocycles. The Labute approximate surface area is 226 Å². The van der Waals surface area contributed by atoms with E-state index in [-0.39, 0.29) is 23.7 Å². The molecular weight excluding hydrogens is 513 g/mol. The quantitative estimate of drug-likeness (QED) is 0.408. The number of aromatic nitrogens is 1. The third-order valence-electron chi connectivity index (χ3n) is 6.86. The first-order chi connectivity index (χ1) is 18.2. The number of aliphatic hydroxyl groups excluding tert-OH is 1. The van der Waals surface area contributed by atoms with Crippen LogP contribution in [0.3, 0.4) is 0 Å². The van der Waals surface area contributed by atoms with Crippen LogP contribution in [0.15, 0.2) is 23.6 Å². The monoisotopic (exact) mass is 549 g/mol. The number of carbonyl (C=O) groups excluding carboxylic acids is 2. The highest BCUT2D eigenvalue weighted by molar-refractivity contribution is 7.14. The van der Waals surface area contributed by atoms with Crippen molar-refractivity contribution in [2.45, 2.75) is 44.6 Å². The molecule has 3 heterocycles. The van der Waals surface area contributed by atoms with Crippen molar-refractivity contribution in [3.8, 4) is 0 Å². The van der Waals surface area contributed by atoms with Gasteiger partial charge in [-0.2, -0.15) is 0 Å². The highest BCUT2D eigenvalue weighted by Crippen LogP contribution is 2.27. The fraction of sp³-hybridized carbons (Fsp3) is 0.577. The summed E-state index contributed by atoms with van der Waals surface area (Å²) in [5.74, 6) is -0.783. The van der Waals surface area contributed by atoms with E-state index in [1.54, 1.807) is 29.5 Å². The highest BCUT2D eigenvalue weighted by Gasteiger charge is 2.31. The molecule has 0 bridgehead atoms. The molecule has 0 unspecified atom stereocenters. The number of hydrogen-bond donors (Lipinski definition) is 3. The molecule has 4 rings (SSSR count). The van der Waals surface area contributed by atoms with Gasteiger partial charge in [-0.15, -0.1) is 11.3 Å². The molecule has 2 atom stereocenters. The second-order valence-electron chi connectivity index (χ2n) is 10.2. The van der Waals surface area contributed by atoms with Crippen molar-refractivity contribution in [1.29, 1.82) is 0 Å². The molecule has 208 valence electrons. The summed E-state index contributed by atoms with van der Waals surface area (Å²) >= 11 is 1.24. The fourth-order valence-corrected chi connectivity index (χ4v) is 5.36. The molecule has 38 heavy (non-hydrogen) atoms. The maximum Gasteiger partial charge on any atom is 0.275 e. The lowest BCUT2D eigenvalue weighted by Gasteiger charge is -2.42. The highest BCUT2D eigenvalue weighted by atomic mass is 32.1. The van der Waals surface area contributed by atoms with Gasteiger partial charge in [-0.05, 0) is 38.0 Å². The molecule has 12 heteroatoms.